The van der Waals surface area contributed by atoms with Gasteiger partial charge in [0.1, 0.15) is 24.7 Å². The van der Waals surface area contributed by atoms with Crippen molar-refractivity contribution in [1.29, 1.82) is 0 Å². The smallest absolute Gasteiger partial charge is 0.300 e. The molecule has 1 unspecified atom stereocenters. The van der Waals surface area contributed by atoms with E-state index in [9.17, 15) is 14.7 Å². The quantitative estimate of drug-likeness (QED) is 0.238. The second-order valence-electron chi connectivity index (χ2n) is 8.84. The van der Waals surface area contributed by atoms with Gasteiger partial charge < -0.3 is 19.3 Å². The number of carbonyl (C=O) groups is 2. The predicted molar refractivity (Wildman–Crippen MR) is 139 cm³/mol. The Balaban J connectivity index is 1.55. The Kier molecular flexibility index (Phi) is 5.53. The summed E-state index contributed by atoms with van der Waals surface area (Å²) in [5.74, 6) is -0.126. The maximum Gasteiger partial charge on any atom is 0.300 e. The lowest BCUT2D eigenvalue weighted by molar-refractivity contribution is -0.132. The number of ether oxygens (including phenoxy) is 3. The van der Waals surface area contributed by atoms with Gasteiger partial charge in [0.05, 0.1) is 18.7 Å². The van der Waals surface area contributed by atoms with E-state index in [1.807, 2.05) is 36.4 Å². The Morgan fingerprint density at radius 3 is 2.46 bits per heavy atom. The number of ketones is 1. The molecule has 4 aromatic carbocycles. The lowest BCUT2D eigenvalue weighted by Gasteiger charge is -2.27. The first-order chi connectivity index (χ1) is 18.0. The highest BCUT2D eigenvalue weighted by molar-refractivity contribution is 6.51. The Labute approximate surface area is 213 Å². The van der Waals surface area contributed by atoms with E-state index in [-0.39, 0.29) is 11.3 Å². The summed E-state index contributed by atoms with van der Waals surface area (Å²) in [5, 5.41) is 13.4. The molecular formula is C30H23NO6. The van der Waals surface area contributed by atoms with Gasteiger partial charge in [0, 0.05) is 17.3 Å². The summed E-state index contributed by atoms with van der Waals surface area (Å²) < 4.78 is 16.7. The van der Waals surface area contributed by atoms with Gasteiger partial charge >= 0.3 is 0 Å². The predicted octanol–water partition coefficient (Wildman–Crippen LogP) is 5.25. The Hall–Kier alpha value is -4.78. The molecule has 4 aromatic rings. The van der Waals surface area contributed by atoms with Gasteiger partial charge in [-0.1, -0.05) is 48.5 Å². The number of fused-ring (bicyclic) bond motifs is 2. The van der Waals surface area contributed by atoms with Gasteiger partial charge in [-0.25, -0.2) is 0 Å². The SMILES string of the molecule is COc1cccc(C2/C(=C(\O)c3ccc4ccccc4c3)C(=O)C(=O)N2c2ccc3c(c2)OCCO3)c1. The van der Waals surface area contributed by atoms with Crippen LogP contribution in [0.3, 0.4) is 0 Å². The van der Waals surface area contributed by atoms with Crippen LogP contribution in [0.5, 0.6) is 17.2 Å². The highest BCUT2D eigenvalue weighted by atomic mass is 16.6. The zero-order chi connectivity index (χ0) is 25.5. The number of aliphatic hydroxyl groups excluding tert-OH is 1. The summed E-state index contributed by atoms with van der Waals surface area (Å²) in [6, 6.07) is 24.5. The second-order valence-corrected chi connectivity index (χ2v) is 8.84. The van der Waals surface area contributed by atoms with E-state index in [0.717, 1.165) is 10.8 Å². The van der Waals surface area contributed by atoms with Crippen molar-refractivity contribution in [3.63, 3.8) is 0 Å². The van der Waals surface area contributed by atoms with Crippen LogP contribution < -0.4 is 19.1 Å². The molecule has 184 valence electrons. The molecule has 7 nitrogen and oxygen atoms in total. The number of nitrogens with zero attached hydrogens (tertiary/aromatic N) is 1. The average molecular weight is 494 g/mol. The van der Waals surface area contributed by atoms with Gasteiger partial charge in [0.25, 0.3) is 11.7 Å². The van der Waals surface area contributed by atoms with Crippen LogP contribution in [0.25, 0.3) is 16.5 Å². The van der Waals surface area contributed by atoms with E-state index in [1.165, 1.54) is 4.90 Å². The Bertz CT molecular complexity index is 1590. The van der Waals surface area contributed by atoms with Crippen LogP contribution in [0, 0.1) is 0 Å². The van der Waals surface area contributed by atoms with Gasteiger partial charge in [0.15, 0.2) is 11.5 Å². The highest BCUT2D eigenvalue weighted by Crippen LogP contribution is 2.45. The normalized spacial score (nSPS) is 18.3. The van der Waals surface area contributed by atoms with Crippen molar-refractivity contribution >= 4 is 33.9 Å². The minimum Gasteiger partial charge on any atom is -0.507 e. The molecule has 1 amide bonds. The molecule has 2 aliphatic rings. The van der Waals surface area contributed by atoms with Crippen molar-refractivity contribution in [3.05, 3.63) is 102 Å². The molecule has 1 saturated heterocycles. The van der Waals surface area contributed by atoms with Gasteiger partial charge in [0.2, 0.25) is 0 Å². The van der Waals surface area contributed by atoms with Crippen molar-refractivity contribution in [2.45, 2.75) is 6.04 Å². The maximum atomic E-state index is 13.5. The van der Waals surface area contributed by atoms with Gasteiger partial charge in [-0.3, -0.25) is 14.5 Å². The van der Waals surface area contributed by atoms with Crippen molar-refractivity contribution in [2.24, 2.45) is 0 Å². The highest BCUT2D eigenvalue weighted by Gasteiger charge is 2.47. The van der Waals surface area contributed by atoms with Crippen molar-refractivity contribution in [1.82, 2.24) is 0 Å². The first kappa shape index (κ1) is 22.7. The number of benzene rings is 4. The van der Waals surface area contributed by atoms with Crippen LogP contribution in [-0.4, -0.2) is 37.1 Å². The number of hydrogen-bond donors (Lipinski definition) is 1. The van der Waals surface area contributed by atoms with Gasteiger partial charge in [-0.15, -0.1) is 0 Å². The molecule has 2 aliphatic heterocycles. The second kappa shape index (κ2) is 9.02. The summed E-state index contributed by atoms with van der Waals surface area (Å²) in [5.41, 5.74) is 1.53. The van der Waals surface area contributed by atoms with E-state index >= 15 is 0 Å². The fraction of sp³-hybridized carbons (Fsp3) is 0.133. The molecule has 37 heavy (non-hydrogen) atoms. The molecule has 6 rings (SSSR count). The minimum atomic E-state index is -0.885. The summed E-state index contributed by atoms with van der Waals surface area (Å²) >= 11 is 0. The molecule has 1 N–H and O–H groups in total. The topological polar surface area (TPSA) is 85.3 Å². The summed E-state index contributed by atoms with van der Waals surface area (Å²) in [6.45, 7) is 0.822. The molecule has 7 heteroatoms. The van der Waals surface area contributed by atoms with E-state index in [0.29, 0.717) is 47.3 Å². The lowest BCUT2D eigenvalue weighted by Crippen LogP contribution is -2.29. The van der Waals surface area contributed by atoms with Crippen molar-refractivity contribution < 1.29 is 28.9 Å². The minimum absolute atomic E-state index is 0.00317. The monoisotopic (exact) mass is 493 g/mol. The van der Waals surface area contributed by atoms with Gasteiger partial charge in [-0.05, 0) is 46.7 Å². The van der Waals surface area contributed by atoms with Crippen molar-refractivity contribution in [2.75, 3.05) is 25.2 Å². The molecule has 0 saturated carbocycles. The lowest BCUT2D eigenvalue weighted by atomic mass is 9.94. The van der Waals surface area contributed by atoms with E-state index in [4.69, 9.17) is 14.2 Å². The summed E-state index contributed by atoms with van der Waals surface area (Å²) in [7, 11) is 1.55. The largest absolute Gasteiger partial charge is 0.507 e. The van der Waals surface area contributed by atoms with E-state index in [2.05, 4.69) is 0 Å². The van der Waals surface area contributed by atoms with Crippen LogP contribution in [0.1, 0.15) is 17.2 Å². The number of Topliss-reactive ketones (excluding diaryl/α,β-unsaturated/α-hetero) is 1. The Morgan fingerprint density at radius 2 is 1.65 bits per heavy atom. The van der Waals surface area contributed by atoms with Crippen LogP contribution in [-0.2, 0) is 9.59 Å². The van der Waals surface area contributed by atoms with Crippen LogP contribution in [0.15, 0.2) is 90.5 Å². The standard InChI is InChI=1S/C30H23NO6/c1-35-23-8-4-7-20(16-23)27-26(28(32)21-10-9-18-5-2-3-6-19(18)15-21)29(33)30(34)31(27)22-11-12-24-25(17-22)37-14-13-36-24/h2-12,15-17,27,32H,13-14H2,1H3/b28-26+. The number of amides is 1. The first-order valence-electron chi connectivity index (χ1n) is 11.9. The fourth-order valence-electron chi connectivity index (χ4n) is 4.90. The van der Waals surface area contributed by atoms with E-state index in [1.54, 1.807) is 55.6 Å². The number of carbonyl (C=O) groups excluding carboxylic acids is 2. The average Bonchev–Trinajstić information content (AvgIpc) is 3.22. The molecule has 0 spiro atoms. The number of hydrogen-bond acceptors (Lipinski definition) is 6. The number of aliphatic hydroxyl groups is 1. The first-order valence-corrected chi connectivity index (χ1v) is 11.9. The third-order valence-electron chi connectivity index (χ3n) is 6.68. The third kappa shape index (κ3) is 3.85. The molecular weight excluding hydrogens is 470 g/mol. The number of rotatable bonds is 4. The molecule has 0 aliphatic carbocycles. The fourth-order valence-corrected chi connectivity index (χ4v) is 4.90. The zero-order valence-electron chi connectivity index (χ0n) is 20.0. The number of methoxy groups -OCH3 is 1. The maximum absolute atomic E-state index is 13.5. The van der Waals surface area contributed by atoms with Crippen LogP contribution >= 0.6 is 0 Å². The summed E-state index contributed by atoms with van der Waals surface area (Å²) in [4.78, 5) is 28.4. The van der Waals surface area contributed by atoms with E-state index < -0.39 is 17.7 Å². The number of anilines is 1. The van der Waals surface area contributed by atoms with Gasteiger partial charge in [-0.2, -0.15) is 0 Å². The molecule has 0 aromatic heterocycles. The third-order valence-corrected chi connectivity index (χ3v) is 6.68. The van der Waals surface area contributed by atoms with Crippen LogP contribution in [0.2, 0.25) is 0 Å². The van der Waals surface area contributed by atoms with Crippen LogP contribution in [0.4, 0.5) is 5.69 Å². The van der Waals surface area contributed by atoms with Crippen molar-refractivity contribution in [3.8, 4) is 17.2 Å². The molecule has 0 bridgehead atoms. The Morgan fingerprint density at radius 1 is 0.865 bits per heavy atom. The molecule has 1 atom stereocenters. The molecule has 1 fully saturated rings. The summed E-state index contributed by atoms with van der Waals surface area (Å²) in [6.07, 6.45) is 0. The molecule has 0 radical (unpaired) electrons. The zero-order valence-corrected chi connectivity index (χ0v) is 20.0. The molecule has 2 heterocycles.